The first-order chi connectivity index (χ1) is 17.6. The average molecular weight is 478 g/mol. The molecule has 0 bridgehead atoms. The summed E-state index contributed by atoms with van der Waals surface area (Å²) in [5.74, 6) is -0.224. The highest BCUT2D eigenvalue weighted by Gasteiger charge is 2.42. The van der Waals surface area contributed by atoms with Crippen LogP contribution in [-0.4, -0.2) is 27.4 Å². The zero-order valence-electron chi connectivity index (χ0n) is 19.5. The fraction of sp³-hybridized carbons (Fsp3) is 0.143. The predicted molar refractivity (Wildman–Crippen MR) is 133 cm³/mol. The van der Waals surface area contributed by atoms with Crippen molar-refractivity contribution in [3.8, 4) is 28.8 Å². The van der Waals surface area contributed by atoms with E-state index < -0.39 is 12.0 Å². The van der Waals surface area contributed by atoms with E-state index in [2.05, 4.69) is 16.4 Å². The second kappa shape index (κ2) is 9.76. The summed E-state index contributed by atoms with van der Waals surface area (Å²) in [5, 5.41) is 18.8. The van der Waals surface area contributed by atoms with E-state index in [1.165, 1.54) is 4.68 Å². The number of allylic oxidation sites excluding steroid dienone is 1. The number of ether oxygens (including phenoxy) is 2. The van der Waals surface area contributed by atoms with Gasteiger partial charge in [-0.05, 0) is 13.0 Å². The third kappa shape index (κ3) is 4.07. The SMILES string of the molecule is CCOc1cccc2c1OC(N)=C(C#N)C2C(C(=O)c1ccccc1)n1cc(-c2ccccc2)nn1. The number of nitrogens with two attached hydrogens (primary N) is 1. The molecule has 2 N–H and O–H groups in total. The van der Waals surface area contributed by atoms with Gasteiger partial charge in [-0.15, -0.1) is 5.10 Å². The van der Waals surface area contributed by atoms with Crippen molar-refractivity contribution in [3.63, 3.8) is 0 Å². The number of benzene rings is 3. The number of ketones is 1. The molecule has 4 aromatic rings. The molecule has 0 fully saturated rings. The van der Waals surface area contributed by atoms with Crippen LogP contribution < -0.4 is 15.2 Å². The summed E-state index contributed by atoms with van der Waals surface area (Å²) >= 11 is 0. The maximum absolute atomic E-state index is 14.0. The van der Waals surface area contributed by atoms with Gasteiger partial charge in [0.25, 0.3) is 0 Å². The van der Waals surface area contributed by atoms with E-state index >= 15 is 0 Å². The van der Waals surface area contributed by atoms with Crippen molar-refractivity contribution in [1.82, 2.24) is 15.0 Å². The molecule has 0 saturated carbocycles. The van der Waals surface area contributed by atoms with E-state index in [1.54, 1.807) is 42.6 Å². The Balaban J connectivity index is 1.71. The van der Waals surface area contributed by atoms with Crippen molar-refractivity contribution in [2.45, 2.75) is 18.9 Å². The summed E-state index contributed by atoms with van der Waals surface area (Å²) in [6.45, 7) is 2.27. The van der Waals surface area contributed by atoms with Gasteiger partial charge >= 0.3 is 0 Å². The van der Waals surface area contributed by atoms with Gasteiger partial charge in [0, 0.05) is 16.7 Å². The Bertz CT molecular complexity index is 1470. The van der Waals surface area contributed by atoms with Gasteiger partial charge in [-0.3, -0.25) is 4.79 Å². The fourth-order valence-corrected chi connectivity index (χ4v) is 4.43. The molecule has 0 saturated heterocycles. The molecule has 2 unspecified atom stereocenters. The second-order valence-electron chi connectivity index (χ2n) is 8.20. The number of fused-ring (bicyclic) bond motifs is 1. The second-order valence-corrected chi connectivity index (χ2v) is 8.20. The van der Waals surface area contributed by atoms with Gasteiger partial charge in [0.1, 0.15) is 17.8 Å². The summed E-state index contributed by atoms with van der Waals surface area (Å²) in [7, 11) is 0. The molecule has 0 aliphatic carbocycles. The van der Waals surface area contributed by atoms with E-state index in [1.807, 2.05) is 49.4 Å². The van der Waals surface area contributed by atoms with Gasteiger partial charge in [0.15, 0.2) is 17.3 Å². The molecule has 2 heterocycles. The molecule has 8 nitrogen and oxygen atoms in total. The van der Waals surface area contributed by atoms with Gasteiger partial charge in [-0.1, -0.05) is 78.0 Å². The Kier molecular flexibility index (Phi) is 6.20. The highest BCUT2D eigenvalue weighted by atomic mass is 16.5. The van der Waals surface area contributed by atoms with E-state index in [0.29, 0.717) is 34.9 Å². The first kappa shape index (κ1) is 22.9. The number of carbonyl (C=O) groups excluding carboxylic acids is 1. The van der Waals surface area contributed by atoms with Crippen LogP contribution in [0.1, 0.15) is 34.8 Å². The van der Waals surface area contributed by atoms with Crippen LogP contribution in [0.2, 0.25) is 0 Å². The largest absolute Gasteiger partial charge is 0.490 e. The lowest BCUT2D eigenvalue weighted by Crippen LogP contribution is -2.32. The number of Topliss-reactive ketones (excluding diaryl/α,β-unsaturated/α-hetero) is 1. The zero-order chi connectivity index (χ0) is 25.1. The summed E-state index contributed by atoms with van der Waals surface area (Å²) in [6.07, 6.45) is 1.72. The van der Waals surface area contributed by atoms with Crippen LogP contribution in [0.15, 0.2) is 96.5 Å². The molecule has 8 heteroatoms. The summed E-state index contributed by atoms with van der Waals surface area (Å²) in [4.78, 5) is 14.0. The monoisotopic (exact) mass is 477 g/mol. The van der Waals surface area contributed by atoms with E-state index in [0.717, 1.165) is 5.56 Å². The highest BCUT2D eigenvalue weighted by molar-refractivity contribution is 6.00. The summed E-state index contributed by atoms with van der Waals surface area (Å²) < 4.78 is 13.1. The molecule has 3 aromatic carbocycles. The summed E-state index contributed by atoms with van der Waals surface area (Å²) in [5.41, 5.74) is 8.92. The van der Waals surface area contributed by atoms with Crippen LogP contribution in [0, 0.1) is 11.3 Å². The van der Waals surface area contributed by atoms with Gasteiger partial charge in [-0.25, -0.2) is 4.68 Å². The molecule has 36 heavy (non-hydrogen) atoms. The Morgan fingerprint density at radius 1 is 1.11 bits per heavy atom. The number of rotatable bonds is 7. The van der Waals surface area contributed by atoms with Crippen LogP contribution in [-0.2, 0) is 0 Å². The molecule has 0 radical (unpaired) electrons. The highest BCUT2D eigenvalue weighted by Crippen LogP contribution is 2.48. The Morgan fingerprint density at radius 3 is 2.53 bits per heavy atom. The number of hydrogen-bond donors (Lipinski definition) is 1. The molecular weight excluding hydrogens is 454 g/mol. The minimum atomic E-state index is -0.954. The van der Waals surface area contributed by atoms with Crippen LogP contribution in [0.4, 0.5) is 0 Å². The number of nitriles is 1. The van der Waals surface area contributed by atoms with Gasteiger partial charge in [0.05, 0.1) is 24.3 Å². The van der Waals surface area contributed by atoms with Gasteiger partial charge in [-0.2, -0.15) is 5.26 Å². The molecule has 2 atom stereocenters. The lowest BCUT2D eigenvalue weighted by atomic mass is 9.80. The number of aromatic nitrogens is 3. The Morgan fingerprint density at radius 2 is 1.83 bits per heavy atom. The fourth-order valence-electron chi connectivity index (χ4n) is 4.43. The van der Waals surface area contributed by atoms with Crippen LogP contribution in [0.3, 0.4) is 0 Å². The standard InChI is InChI=1S/C28H23N5O3/c1-2-35-23-15-9-14-20-24(21(16-29)28(30)36-27(20)23)25(26(34)19-12-7-4-8-13-19)33-17-22(31-32-33)18-10-5-3-6-11-18/h3-15,17,24-25H,2,30H2,1H3. The van der Waals surface area contributed by atoms with Crippen LogP contribution in [0.25, 0.3) is 11.3 Å². The van der Waals surface area contributed by atoms with Gasteiger partial charge in [0.2, 0.25) is 5.88 Å². The molecule has 1 aliphatic rings. The third-order valence-electron chi connectivity index (χ3n) is 6.06. The van der Waals surface area contributed by atoms with Crippen molar-refractivity contribution < 1.29 is 14.3 Å². The van der Waals surface area contributed by atoms with E-state index in [9.17, 15) is 10.1 Å². The first-order valence-corrected chi connectivity index (χ1v) is 11.5. The van der Waals surface area contributed by atoms with E-state index in [4.69, 9.17) is 15.2 Å². The van der Waals surface area contributed by atoms with Gasteiger partial charge < -0.3 is 15.2 Å². The number of nitrogens with zero attached hydrogens (tertiary/aromatic N) is 4. The molecule has 0 amide bonds. The normalized spacial score (nSPS) is 15.4. The smallest absolute Gasteiger partial charge is 0.205 e. The van der Waals surface area contributed by atoms with Crippen molar-refractivity contribution in [3.05, 3.63) is 108 Å². The van der Waals surface area contributed by atoms with Crippen molar-refractivity contribution in [2.75, 3.05) is 6.61 Å². The number of hydrogen-bond acceptors (Lipinski definition) is 7. The topological polar surface area (TPSA) is 116 Å². The quantitative estimate of drug-likeness (QED) is 0.386. The Hall–Kier alpha value is -4.90. The zero-order valence-corrected chi connectivity index (χ0v) is 19.5. The maximum Gasteiger partial charge on any atom is 0.205 e. The Labute approximate surface area is 208 Å². The number of carbonyl (C=O) groups is 1. The van der Waals surface area contributed by atoms with Crippen molar-refractivity contribution in [1.29, 1.82) is 5.26 Å². The molecular formula is C28H23N5O3. The third-order valence-corrected chi connectivity index (χ3v) is 6.06. The lowest BCUT2D eigenvalue weighted by molar-refractivity contribution is 0.0901. The minimum Gasteiger partial charge on any atom is -0.490 e. The molecule has 1 aliphatic heterocycles. The lowest BCUT2D eigenvalue weighted by Gasteiger charge is -2.32. The first-order valence-electron chi connectivity index (χ1n) is 11.5. The van der Waals surface area contributed by atoms with Crippen LogP contribution in [0.5, 0.6) is 11.5 Å². The average Bonchev–Trinajstić information content (AvgIpc) is 3.40. The minimum absolute atomic E-state index is 0.0728. The van der Waals surface area contributed by atoms with Crippen LogP contribution >= 0.6 is 0 Å². The number of para-hydroxylation sites is 1. The van der Waals surface area contributed by atoms with E-state index in [-0.39, 0.29) is 17.2 Å². The van der Waals surface area contributed by atoms with Crippen molar-refractivity contribution in [2.24, 2.45) is 5.73 Å². The molecule has 1 aromatic heterocycles. The molecule has 5 rings (SSSR count). The molecule has 0 spiro atoms. The predicted octanol–water partition coefficient (Wildman–Crippen LogP) is 4.64. The molecule has 178 valence electrons. The maximum atomic E-state index is 14.0. The van der Waals surface area contributed by atoms with Crippen molar-refractivity contribution >= 4 is 5.78 Å². The summed E-state index contributed by atoms with van der Waals surface area (Å²) in [6, 6.07) is 25.0.